The molecule has 2 aromatic carbocycles. The maximum atomic E-state index is 8.80. The molecule has 0 fully saturated rings. The Kier molecular flexibility index (Phi) is 7.48. The van der Waals surface area contributed by atoms with Crippen LogP contribution in [0.5, 0.6) is 5.88 Å². The van der Waals surface area contributed by atoms with E-state index in [0.717, 1.165) is 43.2 Å². The van der Waals surface area contributed by atoms with E-state index in [0.29, 0.717) is 30.7 Å². The lowest BCUT2D eigenvalue weighted by atomic mass is 10.1. The summed E-state index contributed by atoms with van der Waals surface area (Å²) in [4.78, 5) is 4.60. The van der Waals surface area contributed by atoms with E-state index in [-0.39, 0.29) is 0 Å². The number of aliphatic hydroxyl groups excluding tert-OH is 1. The van der Waals surface area contributed by atoms with Gasteiger partial charge in [-0.05, 0) is 25.0 Å². The lowest BCUT2D eigenvalue weighted by Crippen LogP contribution is -1.99. The molecule has 1 aromatic heterocycles. The highest BCUT2D eigenvalue weighted by Gasteiger charge is 2.17. The molecule has 0 spiro atoms. The molecule has 27 heavy (non-hydrogen) atoms. The van der Waals surface area contributed by atoms with Gasteiger partial charge in [0.1, 0.15) is 0 Å². The maximum Gasteiger partial charge on any atom is 0.261 e. The second kappa shape index (κ2) is 10.5. The van der Waals surface area contributed by atoms with E-state index in [9.17, 15) is 0 Å². The van der Waals surface area contributed by atoms with Crippen LogP contribution < -0.4 is 4.74 Å². The first-order valence-corrected chi connectivity index (χ1v) is 9.74. The fraction of sp³-hybridized carbons (Fsp3) is 0.348. The zero-order valence-electron chi connectivity index (χ0n) is 15.6. The molecular weight excluding hydrogens is 338 g/mol. The molecule has 0 atom stereocenters. The van der Waals surface area contributed by atoms with Crippen molar-refractivity contribution in [2.45, 2.75) is 38.5 Å². The van der Waals surface area contributed by atoms with Crippen molar-refractivity contribution in [1.82, 2.24) is 4.98 Å². The maximum absolute atomic E-state index is 8.80. The molecule has 0 saturated carbocycles. The highest BCUT2D eigenvalue weighted by atomic mass is 16.5. The van der Waals surface area contributed by atoms with Gasteiger partial charge in [-0.3, -0.25) is 0 Å². The molecule has 1 N–H and O–H groups in total. The average molecular weight is 365 g/mol. The van der Waals surface area contributed by atoms with Gasteiger partial charge in [0.15, 0.2) is 5.76 Å². The van der Waals surface area contributed by atoms with E-state index in [1.54, 1.807) is 0 Å². The number of aromatic nitrogens is 1. The zero-order chi connectivity index (χ0) is 18.7. The Labute approximate surface area is 160 Å². The molecule has 0 bridgehead atoms. The summed E-state index contributed by atoms with van der Waals surface area (Å²) in [6.07, 6.45) is 6.44. The van der Waals surface area contributed by atoms with Crippen molar-refractivity contribution in [3.8, 4) is 28.7 Å². The lowest BCUT2D eigenvalue weighted by molar-refractivity contribution is 0.279. The smallest absolute Gasteiger partial charge is 0.261 e. The Morgan fingerprint density at radius 1 is 0.741 bits per heavy atom. The number of benzene rings is 2. The van der Waals surface area contributed by atoms with Crippen LogP contribution in [0.1, 0.15) is 38.5 Å². The van der Waals surface area contributed by atoms with Gasteiger partial charge in [-0.1, -0.05) is 74.2 Å². The SMILES string of the molecule is OCCCCCCCCOc1nc(-c2ccccc2)oc1-c1ccccc1. The van der Waals surface area contributed by atoms with E-state index in [2.05, 4.69) is 4.98 Å². The minimum Gasteiger partial charge on any atom is -0.475 e. The first-order chi connectivity index (χ1) is 13.4. The van der Waals surface area contributed by atoms with Crippen LogP contribution in [0.2, 0.25) is 0 Å². The van der Waals surface area contributed by atoms with Crippen molar-refractivity contribution in [1.29, 1.82) is 0 Å². The number of hydrogen-bond acceptors (Lipinski definition) is 4. The van der Waals surface area contributed by atoms with E-state index in [4.69, 9.17) is 14.3 Å². The summed E-state index contributed by atoms with van der Waals surface area (Å²) < 4.78 is 12.0. The quantitative estimate of drug-likeness (QED) is 0.442. The third-order valence-electron chi connectivity index (χ3n) is 4.44. The second-order valence-electron chi connectivity index (χ2n) is 6.58. The summed E-state index contributed by atoms with van der Waals surface area (Å²) in [6.45, 7) is 0.919. The molecule has 3 aromatic rings. The Balaban J connectivity index is 1.63. The molecule has 3 rings (SSSR count). The van der Waals surface area contributed by atoms with Crippen molar-refractivity contribution in [2.75, 3.05) is 13.2 Å². The minimum atomic E-state index is 0.293. The molecule has 4 heteroatoms. The van der Waals surface area contributed by atoms with Crippen LogP contribution in [0.25, 0.3) is 22.8 Å². The zero-order valence-corrected chi connectivity index (χ0v) is 15.6. The summed E-state index contributed by atoms with van der Waals surface area (Å²) in [7, 11) is 0. The van der Waals surface area contributed by atoms with Gasteiger partial charge in [-0.2, -0.15) is 4.98 Å². The summed E-state index contributed by atoms with van der Waals surface area (Å²) in [5.74, 6) is 1.81. The molecule has 1 heterocycles. The Hall–Kier alpha value is -2.59. The number of unbranched alkanes of at least 4 members (excludes halogenated alkanes) is 5. The number of oxazole rings is 1. The van der Waals surface area contributed by atoms with Gasteiger partial charge in [-0.15, -0.1) is 0 Å². The fourth-order valence-electron chi connectivity index (χ4n) is 2.97. The number of nitrogens with zero attached hydrogens (tertiary/aromatic N) is 1. The molecule has 142 valence electrons. The van der Waals surface area contributed by atoms with Gasteiger partial charge in [-0.25, -0.2) is 0 Å². The highest BCUT2D eigenvalue weighted by molar-refractivity contribution is 5.66. The molecule has 0 radical (unpaired) electrons. The lowest BCUT2D eigenvalue weighted by Gasteiger charge is -2.05. The summed E-state index contributed by atoms with van der Waals surface area (Å²) in [5.41, 5.74) is 1.90. The minimum absolute atomic E-state index is 0.293. The molecule has 0 aliphatic carbocycles. The first-order valence-electron chi connectivity index (χ1n) is 9.74. The number of aliphatic hydroxyl groups is 1. The second-order valence-corrected chi connectivity index (χ2v) is 6.58. The van der Waals surface area contributed by atoms with Crippen molar-refractivity contribution >= 4 is 0 Å². The number of rotatable bonds is 11. The van der Waals surface area contributed by atoms with Crippen molar-refractivity contribution in [2.24, 2.45) is 0 Å². The van der Waals surface area contributed by atoms with E-state index < -0.39 is 0 Å². The van der Waals surface area contributed by atoms with Gasteiger partial charge >= 0.3 is 0 Å². The van der Waals surface area contributed by atoms with Gasteiger partial charge < -0.3 is 14.3 Å². The van der Waals surface area contributed by atoms with E-state index in [1.165, 1.54) is 6.42 Å². The van der Waals surface area contributed by atoms with Crippen LogP contribution in [0.4, 0.5) is 0 Å². The molecule has 4 nitrogen and oxygen atoms in total. The first kappa shape index (κ1) is 19.2. The van der Waals surface area contributed by atoms with Crippen LogP contribution in [-0.2, 0) is 0 Å². The van der Waals surface area contributed by atoms with Crippen molar-refractivity contribution in [3.63, 3.8) is 0 Å². The third kappa shape index (κ3) is 5.69. The molecular formula is C23H27NO3. The largest absolute Gasteiger partial charge is 0.475 e. The summed E-state index contributed by atoms with van der Waals surface area (Å²) >= 11 is 0. The van der Waals surface area contributed by atoms with Gasteiger partial charge in [0.2, 0.25) is 5.89 Å². The van der Waals surface area contributed by atoms with E-state index >= 15 is 0 Å². The Morgan fingerprint density at radius 3 is 2.00 bits per heavy atom. The number of hydrogen-bond donors (Lipinski definition) is 1. The van der Waals surface area contributed by atoms with Gasteiger partial charge in [0.05, 0.1) is 6.61 Å². The average Bonchev–Trinajstić information content (AvgIpc) is 3.15. The molecule has 0 amide bonds. The van der Waals surface area contributed by atoms with Gasteiger partial charge in [0.25, 0.3) is 5.88 Å². The molecule has 0 aliphatic heterocycles. The van der Waals surface area contributed by atoms with Gasteiger partial charge in [0, 0.05) is 17.7 Å². The summed E-state index contributed by atoms with van der Waals surface area (Å²) in [6, 6.07) is 19.8. The van der Waals surface area contributed by atoms with Crippen LogP contribution in [0, 0.1) is 0 Å². The summed E-state index contributed by atoms with van der Waals surface area (Å²) in [5, 5.41) is 8.80. The highest BCUT2D eigenvalue weighted by Crippen LogP contribution is 2.34. The molecule has 0 aliphatic rings. The predicted molar refractivity (Wildman–Crippen MR) is 108 cm³/mol. The van der Waals surface area contributed by atoms with Crippen LogP contribution in [-0.4, -0.2) is 23.3 Å². The third-order valence-corrected chi connectivity index (χ3v) is 4.44. The normalized spacial score (nSPS) is 10.9. The topological polar surface area (TPSA) is 55.5 Å². The number of ether oxygens (including phenoxy) is 1. The van der Waals surface area contributed by atoms with Crippen molar-refractivity contribution in [3.05, 3.63) is 60.7 Å². The fourth-order valence-corrected chi connectivity index (χ4v) is 2.97. The molecule has 0 unspecified atom stereocenters. The Morgan fingerprint density at radius 2 is 1.33 bits per heavy atom. The monoisotopic (exact) mass is 365 g/mol. The standard InChI is InChI=1S/C23H27NO3/c25-17-11-3-1-2-4-12-18-26-23-21(19-13-7-5-8-14-19)27-22(24-23)20-15-9-6-10-16-20/h5-10,13-16,25H,1-4,11-12,17-18H2. The molecule has 0 saturated heterocycles. The van der Waals surface area contributed by atoms with Crippen LogP contribution in [0.15, 0.2) is 65.1 Å². The van der Waals surface area contributed by atoms with E-state index in [1.807, 2.05) is 60.7 Å². The predicted octanol–water partition coefficient (Wildman–Crippen LogP) is 5.72. The van der Waals surface area contributed by atoms with Crippen molar-refractivity contribution < 1.29 is 14.3 Å². The van der Waals surface area contributed by atoms with Crippen LogP contribution in [0.3, 0.4) is 0 Å². The van der Waals surface area contributed by atoms with Crippen LogP contribution >= 0.6 is 0 Å². The Bertz CT molecular complexity index is 784.